The lowest BCUT2D eigenvalue weighted by molar-refractivity contribution is 0.0775. The van der Waals surface area contributed by atoms with Crippen molar-refractivity contribution in [1.29, 1.82) is 0 Å². The Morgan fingerprint density at radius 3 is 2.59 bits per heavy atom. The highest BCUT2D eigenvalue weighted by molar-refractivity contribution is 6.07. The van der Waals surface area contributed by atoms with Crippen molar-refractivity contribution in [1.82, 2.24) is 30.0 Å². The molecule has 6 rings (SSSR count). The maximum Gasteiger partial charge on any atom is 0.319 e. The van der Waals surface area contributed by atoms with Crippen molar-refractivity contribution < 1.29 is 9.59 Å². The van der Waals surface area contributed by atoms with Crippen molar-refractivity contribution in [2.45, 2.75) is 19.0 Å². The molecule has 2 aromatic carbocycles. The van der Waals surface area contributed by atoms with E-state index >= 15 is 0 Å². The number of carbonyl (C=O) groups is 2. The van der Waals surface area contributed by atoms with Crippen molar-refractivity contribution in [2.75, 3.05) is 44.6 Å². The fourth-order valence-corrected chi connectivity index (χ4v) is 5.57. The highest BCUT2D eigenvalue weighted by Crippen LogP contribution is 2.28. The van der Waals surface area contributed by atoms with Crippen LogP contribution in [0.5, 0.6) is 0 Å². The topological polar surface area (TPSA) is 94.5 Å². The molecule has 200 valence electrons. The Balaban J connectivity index is 1.16. The van der Waals surface area contributed by atoms with Gasteiger partial charge in [-0.3, -0.25) is 14.7 Å². The van der Waals surface area contributed by atoms with Gasteiger partial charge in [0.1, 0.15) is 0 Å². The van der Waals surface area contributed by atoms with E-state index in [0.29, 0.717) is 18.3 Å². The first-order valence-electron chi connectivity index (χ1n) is 13.5. The first-order chi connectivity index (χ1) is 19.2. The van der Waals surface area contributed by atoms with Gasteiger partial charge in [0.05, 0.1) is 11.1 Å². The van der Waals surface area contributed by atoms with Crippen molar-refractivity contribution in [3.05, 3.63) is 90.4 Å². The molecule has 0 radical (unpaired) electrons. The largest absolute Gasteiger partial charge is 0.337 e. The van der Waals surface area contributed by atoms with Gasteiger partial charge in [-0.05, 0) is 48.4 Å². The Morgan fingerprint density at radius 2 is 1.79 bits per heavy atom. The first-order valence-corrected chi connectivity index (χ1v) is 13.5. The third-order valence-electron chi connectivity index (χ3n) is 7.64. The smallest absolute Gasteiger partial charge is 0.319 e. The Bertz CT molecular complexity index is 1450. The summed E-state index contributed by atoms with van der Waals surface area (Å²) in [5.41, 5.74) is 4.25. The molecule has 4 heterocycles. The number of benzene rings is 2. The van der Waals surface area contributed by atoms with Gasteiger partial charge < -0.3 is 25.4 Å². The summed E-state index contributed by atoms with van der Waals surface area (Å²) in [6.07, 6.45) is 6.40. The molecule has 2 aliphatic heterocycles. The summed E-state index contributed by atoms with van der Waals surface area (Å²) < 4.78 is 2.05. The van der Waals surface area contributed by atoms with Crippen molar-refractivity contribution >= 4 is 28.5 Å². The van der Waals surface area contributed by atoms with Gasteiger partial charge in [0.25, 0.3) is 5.91 Å². The van der Waals surface area contributed by atoms with Crippen LogP contribution in [0.2, 0.25) is 0 Å². The van der Waals surface area contributed by atoms with Gasteiger partial charge in [0.2, 0.25) is 0 Å². The molecule has 3 N–H and O–H groups in total. The van der Waals surface area contributed by atoms with Crippen LogP contribution >= 0.6 is 0 Å². The van der Waals surface area contributed by atoms with Crippen LogP contribution in [-0.2, 0) is 6.54 Å². The van der Waals surface area contributed by atoms with Crippen molar-refractivity contribution in [3.8, 4) is 5.69 Å². The quantitative estimate of drug-likeness (QED) is 0.360. The predicted octanol–water partition coefficient (Wildman–Crippen LogP) is 3.47. The van der Waals surface area contributed by atoms with E-state index in [1.807, 2.05) is 71.8 Å². The number of rotatable bonds is 6. The molecule has 3 amide bonds. The Hall–Kier alpha value is -4.21. The van der Waals surface area contributed by atoms with E-state index in [9.17, 15) is 9.59 Å². The van der Waals surface area contributed by atoms with E-state index in [2.05, 4.69) is 30.4 Å². The monoisotopic (exact) mass is 523 g/mol. The van der Waals surface area contributed by atoms with E-state index in [4.69, 9.17) is 0 Å². The van der Waals surface area contributed by atoms with Crippen LogP contribution in [0.3, 0.4) is 0 Å². The normalized spacial score (nSPS) is 17.8. The van der Waals surface area contributed by atoms with E-state index in [1.54, 1.807) is 12.4 Å². The highest BCUT2D eigenvalue weighted by atomic mass is 16.2. The number of nitrogens with one attached hydrogen (secondary N) is 3. The van der Waals surface area contributed by atoms with Crippen molar-refractivity contribution in [2.24, 2.45) is 0 Å². The number of pyridine rings is 1. The minimum Gasteiger partial charge on any atom is -0.337 e. The maximum absolute atomic E-state index is 13.7. The summed E-state index contributed by atoms with van der Waals surface area (Å²) in [6, 6.07) is 19.6. The van der Waals surface area contributed by atoms with Gasteiger partial charge in [0, 0.05) is 87.2 Å². The van der Waals surface area contributed by atoms with Gasteiger partial charge >= 0.3 is 6.03 Å². The number of anilines is 1. The minimum atomic E-state index is -0.282. The Morgan fingerprint density at radius 1 is 0.974 bits per heavy atom. The zero-order valence-electron chi connectivity index (χ0n) is 21.8. The standard InChI is InChI=1S/C30H33N7O2/c38-29(36-15-11-25(20-36)35-16-13-31-14-17-35)27-21-37(28-6-2-1-5-26(27)28)24-9-7-23(8-10-24)34-30(39)33-19-22-4-3-12-32-18-22/h1-10,12,18,21,25,31H,11,13-17,19-20H2,(H2,33,34,39). The van der Waals surface area contributed by atoms with Crippen LogP contribution in [0.15, 0.2) is 79.3 Å². The number of hydrogen-bond donors (Lipinski definition) is 3. The second-order valence-corrected chi connectivity index (χ2v) is 10.1. The number of carbonyl (C=O) groups excluding carboxylic acids is 2. The van der Waals surface area contributed by atoms with Crippen LogP contribution in [-0.4, -0.2) is 76.6 Å². The second kappa shape index (κ2) is 11.3. The highest BCUT2D eigenvalue weighted by Gasteiger charge is 2.32. The number of aromatic nitrogens is 2. The van der Waals surface area contributed by atoms with E-state index in [1.165, 1.54) is 0 Å². The number of hydrogen-bond acceptors (Lipinski definition) is 5. The summed E-state index contributed by atoms with van der Waals surface area (Å²) in [4.78, 5) is 34.6. The van der Waals surface area contributed by atoms with Crippen LogP contribution < -0.4 is 16.0 Å². The molecule has 0 saturated carbocycles. The van der Waals surface area contributed by atoms with Gasteiger partial charge in [0.15, 0.2) is 0 Å². The molecule has 9 nitrogen and oxygen atoms in total. The summed E-state index contributed by atoms with van der Waals surface area (Å²) >= 11 is 0. The number of amides is 3. The molecule has 4 aromatic rings. The molecular formula is C30H33N7O2. The molecule has 1 unspecified atom stereocenters. The van der Waals surface area contributed by atoms with E-state index in [0.717, 1.165) is 73.4 Å². The van der Waals surface area contributed by atoms with Crippen molar-refractivity contribution in [3.63, 3.8) is 0 Å². The molecule has 9 heteroatoms. The third-order valence-corrected chi connectivity index (χ3v) is 7.64. The fraction of sp³-hybridized carbons (Fsp3) is 0.300. The Kier molecular flexibility index (Phi) is 7.25. The van der Waals surface area contributed by atoms with Crippen LogP contribution in [0.1, 0.15) is 22.3 Å². The summed E-state index contributed by atoms with van der Waals surface area (Å²) in [5, 5.41) is 10.1. The minimum absolute atomic E-state index is 0.0890. The molecule has 0 aliphatic carbocycles. The van der Waals surface area contributed by atoms with Gasteiger partial charge in [-0.1, -0.05) is 24.3 Å². The molecule has 1 atom stereocenters. The zero-order valence-corrected chi connectivity index (χ0v) is 21.8. The molecule has 2 aromatic heterocycles. The Labute approximate surface area is 227 Å². The lowest BCUT2D eigenvalue weighted by Gasteiger charge is -2.32. The second-order valence-electron chi connectivity index (χ2n) is 10.1. The van der Waals surface area contributed by atoms with Gasteiger partial charge in [-0.2, -0.15) is 0 Å². The van der Waals surface area contributed by atoms with Gasteiger partial charge in [-0.25, -0.2) is 4.79 Å². The number of para-hydroxylation sites is 1. The molecule has 2 saturated heterocycles. The predicted molar refractivity (Wildman–Crippen MR) is 152 cm³/mol. The van der Waals surface area contributed by atoms with Crippen LogP contribution in [0, 0.1) is 0 Å². The molecule has 0 bridgehead atoms. The maximum atomic E-state index is 13.7. The van der Waals surface area contributed by atoms with Crippen LogP contribution in [0.4, 0.5) is 10.5 Å². The van der Waals surface area contributed by atoms with E-state index in [-0.39, 0.29) is 11.9 Å². The SMILES string of the molecule is O=C(NCc1cccnc1)Nc1ccc(-n2cc(C(=O)N3CCC(N4CCNCC4)C3)c3ccccc32)cc1. The molecule has 2 fully saturated rings. The lowest BCUT2D eigenvalue weighted by Crippen LogP contribution is -2.49. The van der Waals surface area contributed by atoms with Crippen LogP contribution in [0.25, 0.3) is 16.6 Å². The number of nitrogens with zero attached hydrogens (tertiary/aromatic N) is 4. The third kappa shape index (κ3) is 5.50. The van der Waals surface area contributed by atoms with E-state index < -0.39 is 0 Å². The molecule has 39 heavy (non-hydrogen) atoms. The molecule has 2 aliphatic rings. The number of piperazine rings is 1. The number of likely N-dealkylation sites (tertiary alicyclic amines) is 1. The number of urea groups is 1. The lowest BCUT2D eigenvalue weighted by atomic mass is 10.1. The van der Waals surface area contributed by atoms with Gasteiger partial charge in [-0.15, -0.1) is 0 Å². The molecular weight excluding hydrogens is 490 g/mol. The average molecular weight is 524 g/mol. The zero-order chi connectivity index (χ0) is 26.6. The molecule has 0 spiro atoms. The summed E-state index contributed by atoms with van der Waals surface area (Å²) in [6.45, 7) is 6.09. The summed E-state index contributed by atoms with van der Waals surface area (Å²) in [7, 11) is 0. The fourth-order valence-electron chi connectivity index (χ4n) is 5.57. The summed E-state index contributed by atoms with van der Waals surface area (Å²) in [5.74, 6) is 0.0890. The number of fused-ring (bicyclic) bond motifs is 1. The first kappa shape index (κ1) is 25.1. The average Bonchev–Trinajstić information content (AvgIpc) is 3.63.